The normalized spacial score (nSPS) is 13.6. The lowest BCUT2D eigenvalue weighted by molar-refractivity contribution is -0.146. The third-order valence-corrected chi connectivity index (χ3v) is 4.22. The van der Waals surface area contributed by atoms with E-state index in [1.807, 2.05) is 0 Å². The van der Waals surface area contributed by atoms with Gasteiger partial charge in [0, 0.05) is 6.07 Å². The summed E-state index contributed by atoms with van der Waals surface area (Å²) in [4.78, 5) is 37.0. The lowest BCUT2D eigenvalue weighted by Gasteiger charge is -2.24. The number of esters is 1. The largest absolute Gasteiger partial charge is 0.467 e. The molecular formula is C21H22F2N2O5. The number of aliphatic hydroxyl groups is 1. The molecule has 0 aliphatic rings. The topological polar surface area (TPSA) is 105 Å². The summed E-state index contributed by atoms with van der Waals surface area (Å²) in [5.41, 5.74) is 0.509. The van der Waals surface area contributed by atoms with Crippen LogP contribution in [-0.4, -0.2) is 42.1 Å². The molecule has 0 aliphatic heterocycles. The molecule has 7 nitrogen and oxygen atoms in total. The number of hydrogen-bond acceptors (Lipinski definition) is 5. The van der Waals surface area contributed by atoms with Crippen LogP contribution in [0.25, 0.3) is 0 Å². The van der Waals surface area contributed by atoms with Gasteiger partial charge in [-0.05, 0) is 30.2 Å². The second kappa shape index (κ2) is 10.4. The molecule has 0 saturated heterocycles. The van der Waals surface area contributed by atoms with Gasteiger partial charge in [-0.15, -0.1) is 0 Å². The van der Waals surface area contributed by atoms with Gasteiger partial charge in [-0.1, -0.05) is 30.3 Å². The fourth-order valence-electron chi connectivity index (χ4n) is 2.80. The summed E-state index contributed by atoms with van der Waals surface area (Å²) < 4.78 is 31.3. The number of methoxy groups -OCH3 is 1. The lowest BCUT2D eigenvalue weighted by Crippen LogP contribution is -2.54. The highest BCUT2D eigenvalue weighted by atomic mass is 19.1. The van der Waals surface area contributed by atoms with Crippen molar-refractivity contribution < 1.29 is 33.0 Å². The number of amides is 2. The Morgan fingerprint density at radius 1 is 1.03 bits per heavy atom. The Kier molecular flexibility index (Phi) is 7.99. The third-order valence-electron chi connectivity index (χ3n) is 4.22. The first-order valence-corrected chi connectivity index (χ1v) is 9.06. The smallest absolute Gasteiger partial charge is 0.333 e. The maximum atomic E-state index is 13.3. The molecule has 2 aromatic rings. The number of hydrogen-bond donors (Lipinski definition) is 3. The number of carbonyl (C=O) groups excluding carboxylic acids is 3. The van der Waals surface area contributed by atoms with Crippen molar-refractivity contribution in [1.82, 2.24) is 10.6 Å². The van der Waals surface area contributed by atoms with Gasteiger partial charge in [0.1, 0.15) is 17.7 Å². The Balaban J connectivity index is 2.12. The van der Waals surface area contributed by atoms with Gasteiger partial charge in [-0.3, -0.25) is 9.59 Å². The number of halogens is 2. The van der Waals surface area contributed by atoms with Crippen LogP contribution in [-0.2, 0) is 25.5 Å². The highest BCUT2D eigenvalue weighted by Crippen LogP contribution is 2.15. The molecule has 0 unspecified atom stereocenters. The maximum absolute atomic E-state index is 13.3. The monoisotopic (exact) mass is 420 g/mol. The number of benzene rings is 2. The molecule has 3 N–H and O–H groups in total. The van der Waals surface area contributed by atoms with Crippen molar-refractivity contribution in [1.29, 1.82) is 0 Å². The van der Waals surface area contributed by atoms with Crippen molar-refractivity contribution >= 4 is 17.8 Å². The first kappa shape index (κ1) is 23.0. The quantitative estimate of drug-likeness (QED) is 0.560. The number of ether oxygens (including phenoxy) is 1. The van der Waals surface area contributed by atoms with E-state index in [1.165, 1.54) is 6.92 Å². The van der Waals surface area contributed by atoms with E-state index in [0.717, 1.165) is 19.2 Å². The maximum Gasteiger partial charge on any atom is 0.333 e. The van der Waals surface area contributed by atoms with Gasteiger partial charge in [0.15, 0.2) is 6.04 Å². The molecule has 0 saturated carbocycles. The van der Waals surface area contributed by atoms with Crippen molar-refractivity contribution in [3.8, 4) is 0 Å². The molecule has 3 atom stereocenters. The summed E-state index contributed by atoms with van der Waals surface area (Å²) in [6.45, 7) is 1.28. The molecule has 30 heavy (non-hydrogen) atoms. The van der Waals surface area contributed by atoms with Gasteiger partial charge >= 0.3 is 5.97 Å². The molecule has 0 aromatic heterocycles. The minimum absolute atomic E-state index is 0.0615. The van der Waals surface area contributed by atoms with E-state index in [2.05, 4.69) is 10.6 Å². The van der Waals surface area contributed by atoms with Crippen LogP contribution in [0.3, 0.4) is 0 Å². The summed E-state index contributed by atoms with van der Waals surface area (Å²) in [6.07, 6.45) is -1.73. The molecular weight excluding hydrogens is 398 g/mol. The van der Waals surface area contributed by atoms with E-state index in [0.29, 0.717) is 11.6 Å². The van der Waals surface area contributed by atoms with Crippen LogP contribution >= 0.6 is 0 Å². The minimum Gasteiger partial charge on any atom is -0.467 e. The molecule has 160 valence electrons. The second-order valence-corrected chi connectivity index (χ2v) is 6.62. The molecule has 2 amide bonds. The zero-order valence-electron chi connectivity index (χ0n) is 16.4. The van der Waals surface area contributed by atoms with E-state index in [4.69, 9.17) is 4.74 Å². The highest BCUT2D eigenvalue weighted by Gasteiger charge is 2.31. The summed E-state index contributed by atoms with van der Waals surface area (Å²) in [5, 5.41) is 14.7. The summed E-state index contributed by atoms with van der Waals surface area (Å²) in [6, 6.07) is 8.37. The Hall–Kier alpha value is -3.33. The summed E-state index contributed by atoms with van der Waals surface area (Å²) in [5.74, 6) is -3.99. The van der Waals surface area contributed by atoms with Crippen LogP contribution in [0.15, 0.2) is 48.5 Å². The number of aliphatic hydroxyl groups excluding tert-OH is 1. The second-order valence-electron chi connectivity index (χ2n) is 6.62. The number of nitrogens with one attached hydrogen (secondary N) is 2. The minimum atomic E-state index is -1.41. The van der Waals surface area contributed by atoms with Crippen molar-refractivity contribution in [3.05, 3.63) is 71.3 Å². The molecule has 0 fully saturated rings. The Morgan fingerprint density at radius 3 is 2.17 bits per heavy atom. The number of rotatable bonds is 8. The van der Waals surface area contributed by atoms with Crippen molar-refractivity contribution in [2.24, 2.45) is 0 Å². The zero-order valence-corrected chi connectivity index (χ0v) is 16.4. The average Bonchev–Trinajstić information content (AvgIpc) is 2.69. The lowest BCUT2D eigenvalue weighted by atomic mass is 10.1. The van der Waals surface area contributed by atoms with Gasteiger partial charge in [0.05, 0.1) is 19.6 Å². The Morgan fingerprint density at radius 2 is 1.63 bits per heavy atom. The van der Waals surface area contributed by atoms with E-state index in [1.54, 1.807) is 30.3 Å². The first-order chi connectivity index (χ1) is 14.2. The van der Waals surface area contributed by atoms with Gasteiger partial charge in [0.25, 0.3) is 0 Å². The average molecular weight is 420 g/mol. The molecule has 9 heteroatoms. The highest BCUT2D eigenvalue weighted by molar-refractivity contribution is 5.92. The van der Waals surface area contributed by atoms with Gasteiger partial charge in [-0.2, -0.15) is 0 Å². The molecule has 0 bridgehead atoms. The van der Waals surface area contributed by atoms with Crippen molar-refractivity contribution in [3.63, 3.8) is 0 Å². The molecule has 0 heterocycles. The van der Waals surface area contributed by atoms with Crippen LogP contribution in [0.4, 0.5) is 8.78 Å². The van der Waals surface area contributed by atoms with Crippen molar-refractivity contribution in [2.45, 2.75) is 31.5 Å². The number of carbonyl (C=O) groups is 3. The van der Waals surface area contributed by atoms with E-state index < -0.39 is 54.0 Å². The molecule has 2 rings (SSSR count). The molecule has 0 radical (unpaired) electrons. The Labute approximate surface area is 172 Å². The zero-order chi connectivity index (χ0) is 22.3. The Bertz CT molecular complexity index is 885. The van der Waals surface area contributed by atoms with E-state index in [9.17, 15) is 28.3 Å². The van der Waals surface area contributed by atoms with Crippen LogP contribution in [0.5, 0.6) is 0 Å². The molecule has 0 aliphatic carbocycles. The van der Waals surface area contributed by atoms with Crippen LogP contribution < -0.4 is 10.6 Å². The van der Waals surface area contributed by atoms with Gasteiger partial charge in [0.2, 0.25) is 11.8 Å². The first-order valence-electron chi connectivity index (χ1n) is 9.06. The van der Waals surface area contributed by atoms with Gasteiger partial charge < -0.3 is 20.5 Å². The van der Waals surface area contributed by atoms with Crippen LogP contribution in [0.2, 0.25) is 0 Å². The van der Waals surface area contributed by atoms with Crippen molar-refractivity contribution in [2.75, 3.05) is 7.11 Å². The molecule has 2 aromatic carbocycles. The SMILES string of the molecule is COC(=O)[C@@H](NC(=O)[C@@H](NC(=O)Cc1cc(F)cc(F)c1)[C@@H](C)O)c1ccccc1. The predicted molar refractivity (Wildman–Crippen MR) is 103 cm³/mol. The van der Waals surface area contributed by atoms with Crippen LogP contribution in [0.1, 0.15) is 24.1 Å². The summed E-state index contributed by atoms with van der Waals surface area (Å²) >= 11 is 0. The summed E-state index contributed by atoms with van der Waals surface area (Å²) in [7, 11) is 1.16. The third kappa shape index (κ3) is 6.35. The van der Waals surface area contributed by atoms with Gasteiger partial charge in [-0.25, -0.2) is 13.6 Å². The fourth-order valence-corrected chi connectivity index (χ4v) is 2.80. The molecule has 0 spiro atoms. The standard InChI is InChI=1S/C21H22F2N2O5/c1-12(26)18(24-17(27)10-13-8-15(22)11-16(23)9-13)20(28)25-19(21(29)30-2)14-6-4-3-5-7-14/h3-9,11-12,18-19,26H,10H2,1-2H3,(H,24,27)(H,25,28)/t12-,18+,19+/m1/s1. The predicted octanol–water partition coefficient (Wildman–Crippen LogP) is 1.40. The van der Waals surface area contributed by atoms with Crippen LogP contribution in [0, 0.1) is 11.6 Å². The van der Waals surface area contributed by atoms with E-state index >= 15 is 0 Å². The van der Waals surface area contributed by atoms with E-state index in [-0.39, 0.29) is 5.56 Å². The fraction of sp³-hybridized carbons (Fsp3) is 0.286.